The number of carboxylic acid groups (broad SMARTS) is 1. The standard InChI is InChI=1S/C16H18BN3O6S.C14H14BN3O6S.Na.H2O/c1-3-24-13(21)6-11-14-8(2)4-9(5-10(14)17(22)26-11)25-16-19-7-12(27-16)15(18)20-23;1-6-2-7(23-14-17-5-10(25-14)13(16)18-22)3-8-12(6)9(4-11(19)20)24-15(8)21;;/h4-5,7,11,22-23H,3,6H2,1-2H3,(H2,18,20);2-3,5,9,21-22H,4H2,1H3,(H2,16,18)(H,19,20);;1H2/q;;+1;/p-1. The zero-order valence-corrected chi connectivity index (χ0v) is 32.8. The number of benzene rings is 2. The van der Waals surface area contributed by atoms with Gasteiger partial charge in [-0.15, -0.1) is 0 Å². The van der Waals surface area contributed by atoms with Gasteiger partial charge in [-0.25, -0.2) is 9.97 Å². The molecule has 2 aromatic carbocycles. The molecule has 2 atom stereocenters. The molecule has 0 aliphatic carbocycles. The summed E-state index contributed by atoms with van der Waals surface area (Å²) in [5, 5.41) is 53.0. The van der Waals surface area contributed by atoms with Crippen LogP contribution in [0.4, 0.5) is 0 Å². The molecule has 2 aliphatic rings. The van der Waals surface area contributed by atoms with Crippen molar-refractivity contribution in [3.05, 3.63) is 68.7 Å². The van der Waals surface area contributed by atoms with E-state index in [1.165, 1.54) is 12.4 Å². The predicted octanol–water partition coefficient (Wildman–Crippen LogP) is -1.55. The van der Waals surface area contributed by atoms with E-state index in [2.05, 4.69) is 20.3 Å². The number of carbonyl (C=O) groups is 2. The number of carbonyl (C=O) groups excluding carboxylic acids is 1. The molecule has 0 amide bonds. The summed E-state index contributed by atoms with van der Waals surface area (Å²) in [6, 6.07) is 6.70. The molecular formula is C30H33B2N6NaO13S2. The Morgan fingerprint density at radius 1 is 0.833 bits per heavy atom. The number of amidine groups is 2. The van der Waals surface area contributed by atoms with Gasteiger partial charge in [0.05, 0.1) is 53.8 Å². The zero-order valence-electron chi connectivity index (χ0n) is 29.2. The first-order valence-electron chi connectivity index (χ1n) is 15.4. The van der Waals surface area contributed by atoms with Crippen LogP contribution in [0.3, 0.4) is 0 Å². The van der Waals surface area contributed by atoms with Crippen molar-refractivity contribution in [3.8, 4) is 21.9 Å². The van der Waals surface area contributed by atoms with Gasteiger partial charge in [0.15, 0.2) is 11.7 Å². The van der Waals surface area contributed by atoms with Crippen molar-refractivity contribution in [2.45, 2.75) is 45.8 Å². The predicted molar refractivity (Wildman–Crippen MR) is 190 cm³/mol. The Morgan fingerprint density at radius 3 is 1.65 bits per heavy atom. The van der Waals surface area contributed by atoms with E-state index in [1.54, 1.807) is 38.1 Å². The van der Waals surface area contributed by atoms with Crippen LogP contribution in [0.5, 0.6) is 21.9 Å². The Morgan fingerprint density at radius 2 is 1.26 bits per heavy atom. The SMILES string of the molecule is CCOC(=O)CC1OB(O)c2cc(Oc3ncc(C(N)=NO)s3)cc(C)c21.Cc1cc(Oc2ncc(C(N)=NO)s2)cc2c1C(CC(=O)O)OB2O.[Na+].[OH-]. The summed E-state index contributed by atoms with van der Waals surface area (Å²) >= 11 is 2.20. The molecule has 24 heteroatoms. The molecule has 0 fully saturated rings. The average Bonchev–Trinajstić information content (AvgIpc) is 3.88. The summed E-state index contributed by atoms with van der Waals surface area (Å²) in [4.78, 5) is 31.7. The van der Waals surface area contributed by atoms with E-state index in [4.69, 9.17) is 50.5 Å². The van der Waals surface area contributed by atoms with Crippen LogP contribution in [0.25, 0.3) is 0 Å². The maximum atomic E-state index is 11.8. The van der Waals surface area contributed by atoms with Crippen LogP contribution in [-0.2, 0) is 23.6 Å². The molecule has 280 valence electrons. The van der Waals surface area contributed by atoms with Gasteiger partial charge in [-0.1, -0.05) is 33.0 Å². The minimum Gasteiger partial charge on any atom is -0.870 e. The molecule has 2 aromatic heterocycles. The van der Waals surface area contributed by atoms with Crippen LogP contribution < -0.4 is 61.4 Å². The van der Waals surface area contributed by atoms with Gasteiger partial charge < -0.3 is 66.0 Å². The van der Waals surface area contributed by atoms with Gasteiger partial charge in [-0.3, -0.25) is 9.59 Å². The zero-order chi connectivity index (χ0) is 37.7. The number of nitrogens with zero attached hydrogens (tertiary/aromatic N) is 4. The van der Waals surface area contributed by atoms with Crippen LogP contribution in [0, 0.1) is 13.8 Å². The van der Waals surface area contributed by atoms with Gasteiger partial charge >= 0.3 is 55.7 Å². The van der Waals surface area contributed by atoms with Gasteiger partial charge in [0.2, 0.25) is 0 Å². The number of ether oxygens (including phenoxy) is 3. The molecule has 6 rings (SSSR count). The number of aromatic nitrogens is 2. The molecule has 4 heterocycles. The Balaban J connectivity index is 0.000000281. The summed E-state index contributed by atoms with van der Waals surface area (Å²) in [6.45, 7) is 5.64. The van der Waals surface area contributed by atoms with E-state index in [9.17, 15) is 19.6 Å². The number of rotatable bonds is 11. The van der Waals surface area contributed by atoms with E-state index >= 15 is 0 Å². The van der Waals surface area contributed by atoms with Crippen molar-refractivity contribution in [2.24, 2.45) is 21.8 Å². The minimum absolute atomic E-state index is 0. The number of fused-ring (bicyclic) bond motifs is 2. The van der Waals surface area contributed by atoms with Crippen LogP contribution in [-0.4, -0.2) is 85.5 Å². The van der Waals surface area contributed by atoms with Crippen LogP contribution in [0.1, 0.15) is 64.0 Å². The average molecular weight is 794 g/mol. The third-order valence-corrected chi connectivity index (χ3v) is 9.46. The first-order chi connectivity index (χ1) is 24.8. The number of esters is 1. The maximum Gasteiger partial charge on any atom is 1.00 e. The number of oxime groups is 2. The van der Waals surface area contributed by atoms with Crippen LogP contribution >= 0.6 is 22.7 Å². The third-order valence-electron chi connectivity index (χ3n) is 7.66. The molecule has 2 aliphatic heterocycles. The van der Waals surface area contributed by atoms with Crippen molar-refractivity contribution in [3.63, 3.8) is 0 Å². The number of thiazole rings is 2. The molecule has 0 bridgehead atoms. The van der Waals surface area contributed by atoms with Crippen LogP contribution in [0.15, 0.2) is 47.0 Å². The number of nitrogens with two attached hydrogens (primary N) is 2. The number of aryl methyl sites for hydroxylation is 2. The normalized spacial score (nSPS) is 15.9. The Kier molecular flexibility index (Phi) is 15.8. The Hall–Kier alpha value is -4.29. The van der Waals surface area contributed by atoms with Gasteiger partial charge in [-0.2, -0.15) is 0 Å². The Bertz CT molecular complexity index is 2030. The number of hydrogen-bond donors (Lipinski definition) is 7. The van der Waals surface area contributed by atoms with E-state index in [0.717, 1.165) is 39.4 Å². The van der Waals surface area contributed by atoms with E-state index in [1.807, 2.05) is 6.92 Å². The first kappa shape index (κ1) is 44.1. The summed E-state index contributed by atoms with van der Waals surface area (Å²) < 4.78 is 27.2. The second-order valence-corrected chi connectivity index (χ2v) is 13.2. The molecule has 0 saturated heterocycles. The number of aliphatic carboxylic acids is 1. The van der Waals surface area contributed by atoms with E-state index in [0.29, 0.717) is 42.9 Å². The second kappa shape index (κ2) is 19.3. The van der Waals surface area contributed by atoms with E-state index in [-0.39, 0.29) is 77.3 Å². The topological polar surface area (TPSA) is 314 Å². The monoisotopic (exact) mass is 794 g/mol. The molecule has 0 radical (unpaired) electrons. The maximum absolute atomic E-state index is 11.8. The van der Waals surface area contributed by atoms with Crippen molar-refractivity contribution in [1.82, 2.24) is 9.97 Å². The van der Waals surface area contributed by atoms with Gasteiger partial charge in [0.25, 0.3) is 10.4 Å². The van der Waals surface area contributed by atoms with Gasteiger partial charge in [-0.05, 0) is 78.2 Å². The fourth-order valence-corrected chi connectivity index (χ4v) is 6.93. The summed E-state index contributed by atoms with van der Waals surface area (Å²) in [6.07, 6.45) is 1.35. The van der Waals surface area contributed by atoms with Gasteiger partial charge in [0.1, 0.15) is 11.5 Å². The second-order valence-electron chi connectivity index (χ2n) is 11.2. The molecular weight excluding hydrogens is 761 g/mol. The number of carboxylic acids is 1. The molecule has 0 saturated carbocycles. The fraction of sp³-hybridized carbons (Fsp3) is 0.267. The van der Waals surface area contributed by atoms with Gasteiger partial charge in [0, 0.05) is 0 Å². The smallest absolute Gasteiger partial charge is 0.870 e. The number of hydrogen-bond acceptors (Lipinski definition) is 18. The third kappa shape index (κ3) is 10.3. The molecule has 10 N–H and O–H groups in total. The summed E-state index contributed by atoms with van der Waals surface area (Å²) in [7, 11) is -2.38. The molecule has 54 heavy (non-hydrogen) atoms. The van der Waals surface area contributed by atoms with Crippen LogP contribution in [0.2, 0.25) is 0 Å². The van der Waals surface area contributed by atoms with E-state index < -0.39 is 32.4 Å². The van der Waals surface area contributed by atoms with Crippen molar-refractivity contribution < 1.29 is 93.7 Å². The minimum atomic E-state index is -1.22. The summed E-state index contributed by atoms with van der Waals surface area (Å²) in [5.74, 6) is -0.665. The van der Waals surface area contributed by atoms with Crippen molar-refractivity contribution in [2.75, 3.05) is 6.61 Å². The largest absolute Gasteiger partial charge is 1.00 e. The first-order valence-corrected chi connectivity index (χ1v) is 17.0. The summed E-state index contributed by atoms with van der Waals surface area (Å²) in [5.41, 5.74) is 15.0. The molecule has 2 unspecified atom stereocenters. The van der Waals surface area contributed by atoms with Crippen molar-refractivity contribution in [1.29, 1.82) is 0 Å². The van der Waals surface area contributed by atoms with Crippen molar-refractivity contribution >= 4 is 71.4 Å². The molecule has 19 nitrogen and oxygen atoms in total. The molecule has 0 spiro atoms. The Labute approximate surface area is 338 Å². The fourth-order valence-electron chi connectivity index (χ4n) is 5.56. The molecule has 4 aromatic rings. The quantitative estimate of drug-likeness (QED) is 0.0226.